The predicted molar refractivity (Wildman–Crippen MR) is 111 cm³/mol. The fraction of sp³-hybridized carbons (Fsp3) is 0.429. The van der Waals surface area contributed by atoms with E-state index in [1.165, 1.54) is 13.4 Å². The van der Waals surface area contributed by atoms with E-state index < -0.39 is 24.0 Å². The number of aliphatic hydroxyl groups excluding tert-OH is 2. The predicted octanol–water partition coefficient (Wildman–Crippen LogP) is 0.887. The topological polar surface area (TPSA) is 141 Å². The Balaban J connectivity index is 1.56. The average molecular weight is 441 g/mol. The van der Waals surface area contributed by atoms with Gasteiger partial charge in [0.25, 0.3) is 5.91 Å². The van der Waals surface area contributed by atoms with Gasteiger partial charge >= 0.3 is 0 Å². The number of aliphatic hydroxyl groups is 2. The summed E-state index contributed by atoms with van der Waals surface area (Å²) in [6.07, 6.45) is 0.202. The number of hydrogen-bond donors (Lipinski definition) is 3. The number of fused-ring (bicyclic) bond motifs is 1. The largest absolute Gasteiger partial charge is 0.479 e. The lowest BCUT2D eigenvalue weighted by Crippen LogP contribution is -2.46. The molecule has 11 heteroatoms. The Morgan fingerprint density at radius 3 is 2.84 bits per heavy atom. The molecule has 2 aliphatic rings. The number of hydrogen-bond acceptors (Lipinski definition) is 9. The highest BCUT2D eigenvalue weighted by molar-refractivity contribution is 6.03. The minimum atomic E-state index is -1.04. The molecule has 2 aliphatic heterocycles. The lowest BCUT2D eigenvalue weighted by Gasteiger charge is -2.31. The van der Waals surface area contributed by atoms with E-state index in [1.807, 2.05) is 6.07 Å². The fourth-order valence-electron chi connectivity index (χ4n) is 4.39. The molecule has 32 heavy (non-hydrogen) atoms. The first-order chi connectivity index (χ1) is 15.6. The molecule has 4 atom stereocenters. The zero-order chi connectivity index (χ0) is 22.3. The van der Waals surface area contributed by atoms with Crippen LogP contribution in [0, 0.1) is 0 Å². The molecule has 0 radical (unpaired) electrons. The number of rotatable bonds is 5. The highest BCUT2D eigenvalue weighted by Crippen LogP contribution is 2.48. The maximum absolute atomic E-state index is 12.6. The zero-order valence-corrected chi connectivity index (χ0v) is 17.3. The molecule has 0 bridgehead atoms. The Bertz CT molecular complexity index is 1130. The second kappa shape index (κ2) is 8.10. The van der Waals surface area contributed by atoms with Crippen LogP contribution >= 0.6 is 0 Å². The van der Waals surface area contributed by atoms with Crippen LogP contribution in [-0.2, 0) is 9.47 Å². The lowest BCUT2D eigenvalue weighted by molar-refractivity contribution is -0.119. The van der Waals surface area contributed by atoms with Crippen molar-refractivity contribution in [1.82, 2.24) is 19.5 Å². The molecule has 1 spiro atoms. The molecule has 2 unspecified atom stereocenters. The Kier molecular flexibility index (Phi) is 5.25. The monoisotopic (exact) mass is 441 g/mol. The van der Waals surface area contributed by atoms with Crippen molar-refractivity contribution in [2.45, 2.75) is 36.9 Å². The van der Waals surface area contributed by atoms with Crippen molar-refractivity contribution >= 4 is 23.0 Å². The van der Waals surface area contributed by atoms with Crippen LogP contribution in [0.15, 0.2) is 36.7 Å². The van der Waals surface area contributed by atoms with E-state index in [9.17, 15) is 15.0 Å². The van der Waals surface area contributed by atoms with Gasteiger partial charge in [-0.1, -0.05) is 18.2 Å². The van der Waals surface area contributed by atoms with Crippen molar-refractivity contribution in [2.24, 2.45) is 0 Å². The molecule has 1 amide bonds. The molecule has 5 rings (SSSR count). The van der Waals surface area contributed by atoms with Gasteiger partial charge in [0.1, 0.15) is 17.8 Å². The number of anilines is 1. The molecule has 2 saturated heterocycles. The first-order valence-corrected chi connectivity index (χ1v) is 10.3. The van der Waals surface area contributed by atoms with Gasteiger partial charge in [0, 0.05) is 12.2 Å². The van der Waals surface area contributed by atoms with Gasteiger partial charge in [-0.15, -0.1) is 0 Å². The van der Waals surface area contributed by atoms with Crippen molar-refractivity contribution in [1.29, 1.82) is 0 Å². The van der Waals surface area contributed by atoms with Crippen molar-refractivity contribution < 1.29 is 29.2 Å². The van der Waals surface area contributed by atoms with Crippen LogP contribution in [0.2, 0.25) is 0 Å². The van der Waals surface area contributed by atoms with Crippen molar-refractivity contribution in [3.63, 3.8) is 0 Å². The van der Waals surface area contributed by atoms with E-state index in [1.54, 1.807) is 28.8 Å². The van der Waals surface area contributed by atoms with Crippen molar-refractivity contribution in [3.05, 3.63) is 42.2 Å². The van der Waals surface area contributed by atoms with E-state index >= 15 is 0 Å². The number of amides is 1. The number of ether oxygens (including phenoxy) is 3. The van der Waals surface area contributed by atoms with Crippen LogP contribution in [0.25, 0.3) is 11.2 Å². The van der Waals surface area contributed by atoms with Crippen LogP contribution in [0.1, 0.15) is 29.4 Å². The average Bonchev–Trinajstić information content (AvgIpc) is 3.53. The van der Waals surface area contributed by atoms with Crippen LogP contribution in [-0.4, -0.2) is 73.8 Å². The number of carbonyl (C=O) groups is 1. The standard InChI is InChI=1S/C21H23N5O6/c1-30-18-14-16(23-20(25-18)24-17(29)12-6-3-2-4-7-12)26(11-22-14)19-21(8-5-9-31-21)15(28)13(10-27)32-19/h2-4,6-7,11,13,15,19,27-28H,5,8-10H2,1H3,(H,23,24,25,29)/t13?,15-,19?,21-/m1/s1. The van der Waals surface area contributed by atoms with Crippen molar-refractivity contribution in [3.8, 4) is 5.88 Å². The first kappa shape index (κ1) is 20.8. The first-order valence-electron chi connectivity index (χ1n) is 10.3. The summed E-state index contributed by atoms with van der Waals surface area (Å²) in [5.41, 5.74) is 0.122. The molecule has 3 aromatic rings. The Morgan fingerprint density at radius 1 is 1.34 bits per heavy atom. The third-order valence-electron chi connectivity index (χ3n) is 5.93. The van der Waals surface area contributed by atoms with Gasteiger partial charge in [0.15, 0.2) is 17.4 Å². The summed E-state index contributed by atoms with van der Waals surface area (Å²) in [6, 6.07) is 8.70. The van der Waals surface area contributed by atoms with Crippen LogP contribution in [0.3, 0.4) is 0 Å². The molecule has 168 valence electrons. The quantitative estimate of drug-likeness (QED) is 0.526. The zero-order valence-electron chi connectivity index (χ0n) is 17.3. The molecule has 0 aliphatic carbocycles. The SMILES string of the molecule is COc1nc(NC(=O)c2ccccc2)nc2c1ncn2C1OC(CO)[C@@H](O)[C@]12CCCO2. The minimum absolute atomic E-state index is 0.0311. The van der Waals surface area contributed by atoms with Crippen LogP contribution < -0.4 is 10.1 Å². The summed E-state index contributed by atoms with van der Waals surface area (Å²) >= 11 is 0. The normalized spacial score (nSPS) is 27.3. The summed E-state index contributed by atoms with van der Waals surface area (Å²) in [7, 11) is 1.45. The molecule has 3 N–H and O–H groups in total. The highest BCUT2D eigenvalue weighted by atomic mass is 16.6. The summed E-state index contributed by atoms with van der Waals surface area (Å²) in [4.78, 5) is 25.7. The molecular formula is C21H23N5O6. The van der Waals surface area contributed by atoms with E-state index in [0.717, 1.165) is 6.42 Å². The van der Waals surface area contributed by atoms with E-state index in [2.05, 4.69) is 20.3 Å². The Hall–Kier alpha value is -3.12. The number of carbonyl (C=O) groups excluding carboxylic acids is 1. The Morgan fingerprint density at radius 2 is 2.16 bits per heavy atom. The van der Waals surface area contributed by atoms with Gasteiger partial charge in [0.2, 0.25) is 11.8 Å². The molecular weight excluding hydrogens is 418 g/mol. The second-order valence-electron chi connectivity index (χ2n) is 7.76. The molecule has 2 aromatic heterocycles. The summed E-state index contributed by atoms with van der Waals surface area (Å²) in [5.74, 6) is -0.166. The number of imidazole rings is 1. The maximum atomic E-state index is 12.6. The number of nitrogens with one attached hydrogen (secondary N) is 1. The van der Waals surface area contributed by atoms with Gasteiger partial charge in [-0.3, -0.25) is 14.7 Å². The lowest BCUT2D eigenvalue weighted by atomic mass is 9.91. The number of benzene rings is 1. The summed E-state index contributed by atoms with van der Waals surface area (Å²) < 4.78 is 18.9. The van der Waals surface area contributed by atoms with Gasteiger partial charge in [-0.05, 0) is 25.0 Å². The van der Waals surface area contributed by atoms with Crippen molar-refractivity contribution in [2.75, 3.05) is 25.6 Å². The van der Waals surface area contributed by atoms with Gasteiger partial charge in [-0.25, -0.2) is 4.98 Å². The maximum Gasteiger partial charge on any atom is 0.258 e. The van der Waals surface area contributed by atoms with E-state index in [-0.39, 0.29) is 24.3 Å². The second-order valence-corrected chi connectivity index (χ2v) is 7.76. The third-order valence-corrected chi connectivity index (χ3v) is 5.93. The molecule has 1 aromatic carbocycles. The molecule has 4 heterocycles. The number of aromatic nitrogens is 4. The molecule has 11 nitrogen and oxygen atoms in total. The third kappa shape index (κ3) is 3.21. The molecule has 2 fully saturated rings. The molecule has 0 saturated carbocycles. The smallest absolute Gasteiger partial charge is 0.258 e. The highest BCUT2D eigenvalue weighted by Gasteiger charge is 2.59. The minimum Gasteiger partial charge on any atom is -0.479 e. The van der Waals surface area contributed by atoms with E-state index in [0.29, 0.717) is 29.8 Å². The van der Waals surface area contributed by atoms with Gasteiger partial charge < -0.3 is 24.4 Å². The number of nitrogens with zero attached hydrogens (tertiary/aromatic N) is 4. The van der Waals surface area contributed by atoms with Crippen LogP contribution in [0.4, 0.5) is 5.95 Å². The Labute approximate surface area is 183 Å². The van der Waals surface area contributed by atoms with E-state index in [4.69, 9.17) is 14.2 Å². The summed E-state index contributed by atoms with van der Waals surface area (Å²) in [6.45, 7) is 0.116. The summed E-state index contributed by atoms with van der Waals surface area (Å²) in [5, 5.41) is 23.2. The fourth-order valence-corrected chi connectivity index (χ4v) is 4.39. The van der Waals surface area contributed by atoms with Crippen LogP contribution in [0.5, 0.6) is 5.88 Å². The number of methoxy groups -OCH3 is 1. The van der Waals surface area contributed by atoms with Gasteiger partial charge in [0.05, 0.1) is 20.0 Å². The van der Waals surface area contributed by atoms with Gasteiger partial charge in [-0.2, -0.15) is 9.97 Å².